The highest BCUT2D eigenvalue weighted by Crippen LogP contribution is 2.19. The molecule has 0 saturated carbocycles. The summed E-state index contributed by atoms with van der Waals surface area (Å²) in [5.41, 5.74) is 0.401. The first-order valence-corrected chi connectivity index (χ1v) is 7.09. The van der Waals surface area contributed by atoms with Crippen molar-refractivity contribution < 1.29 is 13.2 Å². The largest absolute Gasteiger partial charge is 0.439 e. The number of nitrogens with zero attached hydrogens (tertiary/aromatic N) is 1. The number of para-hydroxylation sites is 1. The van der Waals surface area contributed by atoms with Gasteiger partial charge in [0.05, 0.1) is 18.1 Å². The minimum atomic E-state index is -3.28. The van der Waals surface area contributed by atoms with Crippen molar-refractivity contribution in [2.24, 2.45) is 0 Å². The van der Waals surface area contributed by atoms with E-state index in [2.05, 4.69) is 9.71 Å². The Hall–Kier alpha value is -2.08. The highest BCUT2D eigenvalue weighted by atomic mass is 32.2. The monoisotopic (exact) mass is 264 g/mol. The second-order valence-electron chi connectivity index (χ2n) is 3.67. The van der Waals surface area contributed by atoms with E-state index in [1.807, 2.05) is 30.3 Å². The van der Waals surface area contributed by atoms with Gasteiger partial charge in [0.1, 0.15) is 5.75 Å². The maximum Gasteiger partial charge on any atom is 0.229 e. The highest BCUT2D eigenvalue weighted by Gasteiger charge is 2.03. The van der Waals surface area contributed by atoms with Crippen molar-refractivity contribution in [3.8, 4) is 11.6 Å². The van der Waals surface area contributed by atoms with Crippen molar-refractivity contribution in [3.05, 3.63) is 48.7 Å². The summed E-state index contributed by atoms with van der Waals surface area (Å²) in [5.74, 6) is 1.08. The van der Waals surface area contributed by atoms with Crippen LogP contribution in [0.15, 0.2) is 48.7 Å². The Kier molecular flexibility index (Phi) is 3.47. The summed E-state index contributed by atoms with van der Waals surface area (Å²) in [6.07, 6.45) is 2.49. The van der Waals surface area contributed by atoms with Crippen molar-refractivity contribution >= 4 is 15.7 Å². The average Bonchev–Trinajstić information content (AvgIpc) is 2.31. The summed E-state index contributed by atoms with van der Waals surface area (Å²) < 4.78 is 29.8. The van der Waals surface area contributed by atoms with Gasteiger partial charge in [0.2, 0.25) is 15.9 Å². The molecule has 94 valence electrons. The Morgan fingerprint density at radius 1 is 1.11 bits per heavy atom. The molecule has 0 aliphatic carbocycles. The summed E-state index contributed by atoms with van der Waals surface area (Å²) in [7, 11) is -3.28. The molecule has 6 heteroatoms. The van der Waals surface area contributed by atoms with Crippen LogP contribution < -0.4 is 9.46 Å². The van der Waals surface area contributed by atoms with E-state index in [1.165, 1.54) is 6.20 Å². The third kappa shape index (κ3) is 3.74. The van der Waals surface area contributed by atoms with Gasteiger partial charge in [-0.15, -0.1) is 0 Å². The zero-order valence-electron chi connectivity index (χ0n) is 9.70. The van der Waals surface area contributed by atoms with Crippen molar-refractivity contribution in [1.82, 2.24) is 4.98 Å². The number of benzene rings is 1. The van der Waals surface area contributed by atoms with E-state index < -0.39 is 10.0 Å². The lowest BCUT2D eigenvalue weighted by atomic mass is 10.3. The van der Waals surface area contributed by atoms with Gasteiger partial charge < -0.3 is 4.74 Å². The number of pyridine rings is 1. The molecule has 1 N–H and O–H groups in total. The Labute approximate surface area is 105 Å². The molecule has 1 aromatic carbocycles. The van der Waals surface area contributed by atoms with Crippen LogP contribution in [0.4, 0.5) is 5.69 Å². The average molecular weight is 264 g/mol. The molecule has 0 aliphatic heterocycles. The number of nitrogens with one attached hydrogen (secondary N) is 1. The van der Waals surface area contributed by atoms with Gasteiger partial charge >= 0.3 is 0 Å². The first kappa shape index (κ1) is 12.4. The third-order valence-corrected chi connectivity index (χ3v) is 2.61. The zero-order valence-corrected chi connectivity index (χ0v) is 10.5. The molecular weight excluding hydrogens is 252 g/mol. The molecule has 0 fully saturated rings. The van der Waals surface area contributed by atoms with E-state index in [0.717, 1.165) is 6.26 Å². The van der Waals surface area contributed by atoms with Gasteiger partial charge in [0.15, 0.2) is 0 Å². The van der Waals surface area contributed by atoms with Crippen molar-refractivity contribution in [3.63, 3.8) is 0 Å². The molecular formula is C12H12N2O3S. The van der Waals surface area contributed by atoms with Crippen LogP contribution in [0.25, 0.3) is 0 Å². The molecule has 0 bridgehead atoms. The van der Waals surface area contributed by atoms with Crippen molar-refractivity contribution in [2.45, 2.75) is 0 Å². The van der Waals surface area contributed by atoms with E-state index in [0.29, 0.717) is 17.3 Å². The van der Waals surface area contributed by atoms with E-state index in [1.54, 1.807) is 12.1 Å². The van der Waals surface area contributed by atoms with Crippen molar-refractivity contribution in [1.29, 1.82) is 0 Å². The minimum Gasteiger partial charge on any atom is -0.439 e. The van der Waals surface area contributed by atoms with Crippen LogP contribution in [0, 0.1) is 0 Å². The first-order valence-electron chi connectivity index (χ1n) is 5.20. The van der Waals surface area contributed by atoms with Crippen LogP contribution in [0.2, 0.25) is 0 Å². The molecule has 2 rings (SSSR count). The van der Waals surface area contributed by atoms with E-state index >= 15 is 0 Å². The van der Waals surface area contributed by atoms with Crippen LogP contribution in [0.3, 0.4) is 0 Å². The molecule has 0 unspecified atom stereocenters. The number of hydrogen-bond donors (Lipinski definition) is 1. The topological polar surface area (TPSA) is 68.3 Å². The SMILES string of the molecule is CS(=O)(=O)Nc1ccc(Oc2ccccc2)nc1. The Morgan fingerprint density at radius 3 is 2.39 bits per heavy atom. The van der Waals surface area contributed by atoms with Crippen LogP contribution in [-0.2, 0) is 10.0 Å². The maximum absolute atomic E-state index is 11.0. The highest BCUT2D eigenvalue weighted by molar-refractivity contribution is 7.92. The standard InChI is InChI=1S/C12H12N2O3S/c1-18(15,16)14-10-7-8-12(13-9-10)17-11-5-3-2-4-6-11/h2-9,14H,1H3. The summed E-state index contributed by atoms with van der Waals surface area (Å²) in [6.45, 7) is 0. The van der Waals surface area contributed by atoms with Gasteiger partial charge in [-0.25, -0.2) is 13.4 Å². The zero-order chi connectivity index (χ0) is 13.0. The number of sulfonamides is 1. The first-order chi connectivity index (χ1) is 8.53. The van der Waals surface area contributed by atoms with Gasteiger partial charge in [0.25, 0.3) is 0 Å². The van der Waals surface area contributed by atoms with Crippen LogP contribution in [0.1, 0.15) is 0 Å². The number of hydrogen-bond acceptors (Lipinski definition) is 4. The lowest BCUT2D eigenvalue weighted by molar-refractivity contribution is 0.463. The molecule has 5 nitrogen and oxygen atoms in total. The number of aromatic nitrogens is 1. The normalized spacial score (nSPS) is 10.9. The number of anilines is 1. The Bertz CT molecular complexity index is 610. The molecule has 1 heterocycles. The predicted molar refractivity (Wildman–Crippen MR) is 69.2 cm³/mol. The molecule has 0 atom stereocenters. The van der Waals surface area contributed by atoms with Crippen LogP contribution >= 0.6 is 0 Å². The van der Waals surface area contributed by atoms with Crippen LogP contribution in [-0.4, -0.2) is 19.7 Å². The molecule has 0 spiro atoms. The second-order valence-corrected chi connectivity index (χ2v) is 5.42. The molecule has 2 aromatic rings. The second kappa shape index (κ2) is 5.05. The lowest BCUT2D eigenvalue weighted by Gasteiger charge is -2.06. The van der Waals surface area contributed by atoms with Crippen LogP contribution in [0.5, 0.6) is 11.6 Å². The number of rotatable bonds is 4. The molecule has 0 radical (unpaired) electrons. The fraction of sp³-hybridized carbons (Fsp3) is 0.0833. The molecule has 18 heavy (non-hydrogen) atoms. The third-order valence-electron chi connectivity index (χ3n) is 2.01. The Balaban J connectivity index is 2.09. The van der Waals surface area contributed by atoms with E-state index in [9.17, 15) is 8.42 Å². The number of ether oxygens (including phenoxy) is 1. The quantitative estimate of drug-likeness (QED) is 0.919. The summed E-state index contributed by atoms with van der Waals surface area (Å²) in [5, 5.41) is 0. The fourth-order valence-electron chi connectivity index (χ4n) is 1.32. The van der Waals surface area contributed by atoms with Gasteiger partial charge in [-0.2, -0.15) is 0 Å². The molecule has 0 aliphatic rings. The fourth-order valence-corrected chi connectivity index (χ4v) is 1.87. The Morgan fingerprint density at radius 2 is 1.83 bits per heavy atom. The van der Waals surface area contributed by atoms with E-state index in [4.69, 9.17) is 4.74 Å². The smallest absolute Gasteiger partial charge is 0.229 e. The summed E-state index contributed by atoms with van der Waals surface area (Å²) in [6, 6.07) is 12.4. The van der Waals surface area contributed by atoms with Gasteiger partial charge in [0, 0.05) is 6.07 Å². The molecule has 0 saturated heterocycles. The van der Waals surface area contributed by atoms with E-state index in [-0.39, 0.29) is 0 Å². The van der Waals surface area contributed by atoms with Gasteiger partial charge in [-0.1, -0.05) is 18.2 Å². The summed E-state index contributed by atoms with van der Waals surface area (Å²) in [4.78, 5) is 4.01. The predicted octanol–water partition coefficient (Wildman–Crippen LogP) is 2.25. The lowest BCUT2D eigenvalue weighted by Crippen LogP contribution is -2.09. The minimum absolute atomic E-state index is 0.401. The molecule has 0 amide bonds. The molecule has 1 aromatic heterocycles. The maximum atomic E-state index is 11.0. The summed E-state index contributed by atoms with van der Waals surface area (Å²) >= 11 is 0. The van der Waals surface area contributed by atoms with Crippen molar-refractivity contribution in [2.75, 3.05) is 11.0 Å². The van der Waals surface area contributed by atoms with Gasteiger partial charge in [-0.05, 0) is 18.2 Å². The van der Waals surface area contributed by atoms with Gasteiger partial charge in [-0.3, -0.25) is 4.72 Å².